The van der Waals surface area contributed by atoms with Crippen LogP contribution in [-0.2, 0) is 4.79 Å². The second kappa shape index (κ2) is 9.88. The molecular weight excluding hydrogens is 460 g/mol. The molecule has 0 saturated carbocycles. The molecule has 0 aliphatic carbocycles. The number of phenols is 1. The number of benzene rings is 3. The number of ether oxygens (including phenoxy) is 2. The van der Waals surface area contributed by atoms with Gasteiger partial charge in [0, 0.05) is 0 Å². The first kappa shape index (κ1) is 24.4. The number of rotatable bonds is 5. The lowest BCUT2D eigenvalue weighted by Gasteiger charge is -2.17. The van der Waals surface area contributed by atoms with Gasteiger partial charge in [-0.05, 0) is 110 Å². The Bertz CT molecular complexity index is 1350. The summed E-state index contributed by atoms with van der Waals surface area (Å²) in [5, 5.41) is 10.8. The van der Waals surface area contributed by atoms with Crippen molar-refractivity contribution in [1.29, 1.82) is 0 Å². The third kappa shape index (κ3) is 4.91. The van der Waals surface area contributed by atoms with Gasteiger partial charge in [0.15, 0.2) is 16.7 Å². The molecule has 0 aromatic heterocycles. The monoisotopic (exact) mass is 488 g/mol. The normalized spacial score (nSPS) is 15.8. The summed E-state index contributed by atoms with van der Waals surface area (Å²) >= 11 is 1.31. The van der Waals surface area contributed by atoms with Gasteiger partial charge in [-0.1, -0.05) is 12.1 Å². The van der Waals surface area contributed by atoms with E-state index in [1.165, 1.54) is 31.5 Å². The molecule has 7 heteroatoms. The number of hydrogen-bond acceptors (Lipinski definition) is 6. The van der Waals surface area contributed by atoms with E-state index >= 15 is 0 Å². The molecule has 0 radical (unpaired) electrons. The molecule has 1 saturated heterocycles. The first-order chi connectivity index (χ1) is 16.7. The predicted octanol–water partition coefficient (Wildman–Crippen LogP) is 6.45. The van der Waals surface area contributed by atoms with Crippen molar-refractivity contribution >= 4 is 40.3 Å². The van der Waals surface area contributed by atoms with E-state index in [1.807, 2.05) is 57.2 Å². The fourth-order valence-electron chi connectivity index (χ4n) is 3.70. The summed E-state index contributed by atoms with van der Waals surface area (Å²) in [5.41, 5.74) is 6.78. The van der Waals surface area contributed by atoms with Crippen molar-refractivity contribution < 1.29 is 19.4 Å². The maximum Gasteiger partial charge on any atom is 0.271 e. The second-order valence-electron chi connectivity index (χ2n) is 8.46. The zero-order valence-electron chi connectivity index (χ0n) is 20.7. The molecule has 180 valence electrons. The second-order valence-corrected chi connectivity index (χ2v) is 9.47. The van der Waals surface area contributed by atoms with Gasteiger partial charge in [-0.3, -0.25) is 9.69 Å². The van der Waals surface area contributed by atoms with E-state index in [-0.39, 0.29) is 23.2 Å². The van der Waals surface area contributed by atoms with Crippen molar-refractivity contribution in [1.82, 2.24) is 0 Å². The Morgan fingerprint density at radius 2 is 1.46 bits per heavy atom. The van der Waals surface area contributed by atoms with Gasteiger partial charge < -0.3 is 14.6 Å². The molecule has 3 aromatic carbocycles. The molecule has 0 bridgehead atoms. The van der Waals surface area contributed by atoms with E-state index in [9.17, 15) is 9.90 Å². The molecular formula is C28H28N2O4S. The lowest BCUT2D eigenvalue weighted by molar-refractivity contribution is -0.113. The minimum absolute atomic E-state index is 0.0868. The number of carbonyl (C=O) groups excluding carboxylic acids is 1. The Labute approximate surface area is 209 Å². The number of aryl methyl sites for hydroxylation is 4. The van der Waals surface area contributed by atoms with Gasteiger partial charge in [0.25, 0.3) is 5.91 Å². The van der Waals surface area contributed by atoms with Crippen LogP contribution in [0.5, 0.6) is 17.2 Å². The van der Waals surface area contributed by atoms with Crippen molar-refractivity contribution in [3.05, 3.63) is 81.3 Å². The fraction of sp³-hybridized carbons (Fsp3) is 0.214. The van der Waals surface area contributed by atoms with Crippen LogP contribution in [0.15, 0.2) is 58.4 Å². The minimum atomic E-state index is -0.174. The summed E-state index contributed by atoms with van der Waals surface area (Å²) in [6, 6.07) is 15.3. The molecule has 1 fully saturated rings. The van der Waals surface area contributed by atoms with Crippen LogP contribution in [0.3, 0.4) is 0 Å². The van der Waals surface area contributed by atoms with Crippen molar-refractivity contribution in [3.63, 3.8) is 0 Å². The zero-order chi connectivity index (χ0) is 25.3. The quantitative estimate of drug-likeness (QED) is 0.418. The van der Waals surface area contributed by atoms with Crippen LogP contribution in [0, 0.1) is 27.7 Å². The Kier molecular flexibility index (Phi) is 6.89. The molecule has 1 aliphatic heterocycles. The van der Waals surface area contributed by atoms with Gasteiger partial charge >= 0.3 is 0 Å². The molecule has 1 N–H and O–H groups in total. The van der Waals surface area contributed by atoms with Crippen molar-refractivity contribution in [2.45, 2.75) is 27.7 Å². The first-order valence-electron chi connectivity index (χ1n) is 11.1. The maximum atomic E-state index is 13.6. The van der Waals surface area contributed by atoms with Crippen LogP contribution in [0.2, 0.25) is 0 Å². The van der Waals surface area contributed by atoms with Crippen LogP contribution in [-0.4, -0.2) is 30.4 Å². The summed E-state index contributed by atoms with van der Waals surface area (Å²) in [6.07, 6.45) is 1.76. The largest absolute Gasteiger partial charge is 0.502 e. The fourth-order valence-corrected chi connectivity index (χ4v) is 4.70. The molecule has 1 amide bonds. The average molecular weight is 489 g/mol. The van der Waals surface area contributed by atoms with Crippen LogP contribution < -0.4 is 14.4 Å². The van der Waals surface area contributed by atoms with E-state index in [0.717, 1.165) is 28.1 Å². The van der Waals surface area contributed by atoms with Crippen LogP contribution in [0.25, 0.3) is 6.08 Å². The van der Waals surface area contributed by atoms with Gasteiger partial charge in [-0.15, -0.1) is 0 Å². The predicted molar refractivity (Wildman–Crippen MR) is 143 cm³/mol. The maximum absolute atomic E-state index is 13.6. The van der Waals surface area contributed by atoms with Crippen LogP contribution in [0.1, 0.15) is 27.8 Å². The molecule has 35 heavy (non-hydrogen) atoms. The Balaban J connectivity index is 1.82. The van der Waals surface area contributed by atoms with Gasteiger partial charge in [0.05, 0.1) is 30.5 Å². The highest BCUT2D eigenvalue weighted by Crippen LogP contribution is 2.41. The number of amides is 1. The number of methoxy groups -OCH3 is 2. The summed E-state index contributed by atoms with van der Waals surface area (Å²) in [6.45, 7) is 8.17. The molecule has 6 nitrogen and oxygen atoms in total. The smallest absolute Gasteiger partial charge is 0.271 e. The average Bonchev–Trinajstić information content (AvgIpc) is 3.13. The molecule has 4 rings (SSSR count). The lowest BCUT2D eigenvalue weighted by atomic mass is 10.1. The highest BCUT2D eigenvalue weighted by molar-refractivity contribution is 8.19. The lowest BCUT2D eigenvalue weighted by Crippen LogP contribution is -2.28. The van der Waals surface area contributed by atoms with E-state index in [1.54, 1.807) is 23.1 Å². The Hall–Kier alpha value is -3.71. The van der Waals surface area contributed by atoms with E-state index in [2.05, 4.69) is 6.92 Å². The summed E-state index contributed by atoms with van der Waals surface area (Å²) in [7, 11) is 2.94. The van der Waals surface area contributed by atoms with Crippen LogP contribution >= 0.6 is 11.8 Å². The third-order valence-corrected chi connectivity index (χ3v) is 7.04. The molecule has 3 aromatic rings. The number of nitrogens with zero attached hydrogens (tertiary/aromatic N) is 2. The SMILES string of the molecule is COc1cc(/C=C2/SC(=Nc3ccc(C)c(C)c3)N(c3ccc(C)c(C)c3)C2=O)cc(OC)c1O. The topological polar surface area (TPSA) is 71.4 Å². The number of amidine groups is 1. The summed E-state index contributed by atoms with van der Waals surface area (Å²) in [5.74, 6) is 0.270. The van der Waals surface area contributed by atoms with Gasteiger partial charge in [-0.25, -0.2) is 4.99 Å². The van der Waals surface area contributed by atoms with Crippen molar-refractivity contribution in [3.8, 4) is 17.2 Å². The summed E-state index contributed by atoms with van der Waals surface area (Å²) < 4.78 is 10.5. The molecule has 0 atom stereocenters. The van der Waals surface area contributed by atoms with E-state index in [4.69, 9.17) is 14.5 Å². The minimum Gasteiger partial charge on any atom is -0.502 e. The molecule has 0 spiro atoms. The Morgan fingerprint density at radius 3 is 2.03 bits per heavy atom. The first-order valence-corrected chi connectivity index (χ1v) is 12.0. The van der Waals surface area contributed by atoms with E-state index < -0.39 is 0 Å². The number of aromatic hydroxyl groups is 1. The standard InChI is InChI=1S/C28H28N2O4S/c1-16-7-9-21(11-18(16)3)29-28-30(22-10-8-17(2)19(4)12-22)27(32)25(35-28)15-20-13-23(33-5)26(31)24(14-20)34-6/h7-15,31H,1-6H3/b25-15+,29-28?. The zero-order valence-corrected chi connectivity index (χ0v) is 21.5. The van der Waals surface area contributed by atoms with Crippen LogP contribution in [0.4, 0.5) is 11.4 Å². The molecule has 1 heterocycles. The summed E-state index contributed by atoms with van der Waals surface area (Å²) in [4.78, 5) is 20.6. The van der Waals surface area contributed by atoms with E-state index in [0.29, 0.717) is 15.6 Å². The molecule has 1 aliphatic rings. The number of anilines is 1. The molecule has 0 unspecified atom stereocenters. The van der Waals surface area contributed by atoms with Gasteiger partial charge in [0.1, 0.15) is 0 Å². The van der Waals surface area contributed by atoms with Gasteiger partial charge in [-0.2, -0.15) is 0 Å². The highest BCUT2D eigenvalue weighted by atomic mass is 32.2. The number of carbonyl (C=O) groups is 1. The van der Waals surface area contributed by atoms with Gasteiger partial charge in [0.2, 0.25) is 5.75 Å². The number of hydrogen-bond donors (Lipinski definition) is 1. The Morgan fingerprint density at radius 1 is 0.857 bits per heavy atom. The number of aliphatic imine (C=N–C) groups is 1. The van der Waals surface area contributed by atoms with Crippen molar-refractivity contribution in [2.75, 3.05) is 19.1 Å². The highest BCUT2D eigenvalue weighted by Gasteiger charge is 2.35. The third-order valence-electron chi connectivity index (χ3n) is 6.07. The number of thioether (sulfide) groups is 1. The van der Waals surface area contributed by atoms with Crippen molar-refractivity contribution in [2.24, 2.45) is 4.99 Å². The number of phenolic OH excluding ortho intramolecular Hbond substituents is 1.